The average molecular weight is 319 g/mol. The SMILES string of the molecule is Cc1ccc(NC(=O)C2CC(O)CN2)cc1NC(=O)C(C)(C)C. The van der Waals surface area contributed by atoms with Crippen LogP contribution in [0.5, 0.6) is 0 Å². The van der Waals surface area contributed by atoms with Crippen molar-refractivity contribution in [1.82, 2.24) is 5.32 Å². The van der Waals surface area contributed by atoms with Gasteiger partial charge >= 0.3 is 0 Å². The summed E-state index contributed by atoms with van der Waals surface area (Å²) in [6, 6.07) is 5.01. The van der Waals surface area contributed by atoms with Crippen molar-refractivity contribution >= 4 is 23.2 Å². The zero-order chi connectivity index (χ0) is 17.2. The van der Waals surface area contributed by atoms with Crippen molar-refractivity contribution in [1.29, 1.82) is 0 Å². The van der Waals surface area contributed by atoms with E-state index < -0.39 is 11.5 Å². The minimum Gasteiger partial charge on any atom is -0.392 e. The Balaban J connectivity index is 2.08. The number of hydrogen-bond donors (Lipinski definition) is 4. The van der Waals surface area contributed by atoms with Gasteiger partial charge in [-0.25, -0.2) is 0 Å². The number of carbonyl (C=O) groups is 2. The fraction of sp³-hybridized carbons (Fsp3) is 0.529. The fourth-order valence-corrected chi connectivity index (χ4v) is 2.29. The molecule has 1 aliphatic heterocycles. The highest BCUT2D eigenvalue weighted by atomic mass is 16.3. The van der Waals surface area contributed by atoms with Crippen molar-refractivity contribution in [2.45, 2.75) is 46.3 Å². The number of hydrogen-bond acceptors (Lipinski definition) is 4. The van der Waals surface area contributed by atoms with Crippen LogP contribution in [0.4, 0.5) is 11.4 Å². The molecule has 6 heteroatoms. The Morgan fingerprint density at radius 1 is 1.26 bits per heavy atom. The van der Waals surface area contributed by atoms with Gasteiger partial charge in [0.25, 0.3) is 0 Å². The lowest BCUT2D eigenvalue weighted by Gasteiger charge is -2.19. The molecule has 1 aliphatic rings. The Morgan fingerprint density at radius 2 is 1.96 bits per heavy atom. The predicted octanol–water partition coefficient (Wildman–Crippen LogP) is 1.64. The van der Waals surface area contributed by atoms with E-state index in [9.17, 15) is 14.7 Å². The monoisotopic (exact) mass is 319 g/mol. The maximum atomic E-state index is 12.2. The van der Waals surface area contributed by atoms with E-state index in [1.54, 1.807) is 12.1 Å². The molecular formula is C17H25N3O3. The lowest BCUT2D eigenvalue weighted by molar-refractivity contribution is -0.123. The molecule has 23 heavy (non-hydrogen) atoms. The molecule has 1 aromatic carbocycles. The first kappa shape index (κ1) is 17.4. The second-order valence-corrected chi connectivity index (χ2v) is 7.07. The van der Waals surface area contributed by atoms with Gasteiger partial charge in [-0.2, -0.15) is 0 Å². The lowest BCUT2D eigenvalue weighted by atomic mass is 9.95. The first-order chi connectivity index (χ1) is 10.7. The molecule has 0 aromatic heterocycles. The molecule has 1 heterocycles. The molecule has 2 rings (SSSR count). The van der Waals surface area contributed by atoms with Gasteiger partial charge in [0.15, 0.2) is 0 Å². The maximum Gasteiger partial charge on any atom is 0.241 e. The molecule has 0 spiro atoms. The highest BCUT2D eigenvalue weighted by molar-refractivity contribution is 5.98. The molecule has 4 N–H and O–H groups in total. The summed E-state index contributed by atoms with van der Waals surface area (Å²) in [5.41, 5.74) is 1.74. The van der Waals surface area contributed by atoms with Crippen molar-refractivity contribution in [3.05, 3.63) is 23.8 Å². The van der Waals surface area contributed by atoms with Crippen molar-refractivity contribution in [2.24, 2.45) is 5.41 Å². The van der Waals surface area contributed by atoms with Gasteiger partial charge in [-0.15, -0.1) is 0 Å². The van der Waals surface area contributed by atoms with E-state index in [0.717, 1.165) is 5.56 Å². The minimum atomic E-state index is -0.490. The summed E-state index contributed by atoms with van der Waals surface area (Å²) >= 11 is 0. The standard InChI is InChI=1S/C17H25N3O3/c1-10-5-6-11(7-13(10)20-16(23)17(2,3)4)19-15(22)14-8-12(21)9-18-14/h5-7,12,14,18,21H,8-9H2,1-4H3,(H,19,22)(H,20,23). The van der Waals surface area contributed by atoms with Gasteiger partial charge in [-0.3, -0.25) is 9.59 Å². The van der Waals surface area contributed by atoms with Crippen LogP contribution in [0, 0.1) is 12.3 Å². The Morgan fingerprint density at radius 3 is 2.52 bits per heavy atom. The summed E-state index contributed by atoms with van der Waals surface area (Å²) in [5, 5.41) is 18.2. The lowest BCUT2D eigenvalue weighted by Crippen LogP contribution is -2.35. The Hall–Kier alpha value is -1.92. The van der Waals surface area contributed by atoms with Gasteiger partial charge in [-0.05, 0) is 31.0 Å². The van der Waals surface area contributed by atoms with E-state index in [1.165, 1.54) is 0 Å². The molecule has 0 radical (unpaired) electrons. The van der Waals surface area contributed by atoms with Crippen LogP contribution in [-0.2, 0) is 9.59 Å². The van der Waals surface area contributed by atoms with Gasteiger partial charge in [0.05, 0.1) is 12.1 Å². The topological polar surface area (TPSA) is 90.5 Å². The molecule has 0 saturated carbocycles. The summed E-state index contributed by atoms with van der Waals surface area (Å²) < 4.78 is 0. The van der Waals surface area contributed by atoms with Crippen LogP contribution in [0.2, 0.25) is 0 Å². The number of rotatable bonds is 3. The number of anilines is 2. The summed E-state index contributed by atoms with van der Waals surface area (Å²) in [6.07, 6.45) is -0.0731. The van der Waals surface area contributed by atoms with E-state index in [0.29, 0.717) is 24.3 Å². The van der Waals surface area contributed by atoms with Gasteiger partial charge in [0, 0.05) is 23.3 Å². The molecule has 0 bridgehead atoms. The number of benzene rings is 1. The molecule has 0 aliphatic carbocycles. The zero-order valence-electron chi connectivity index (χ0n) is 14.1. The van der Waals surface area contributed by atoms with Crippen molar-refractivity contribution in [3.63, 3.8) is 0 Å². The minimum absolute atomic E-state index is 0.0790. The Labute approximate surface area is 136 Å². The first-order valence-corrected chi connectivity index (χ1v) is 7.81. The van der Waals surface area contributed by atoms with Crippen LogP contribution in [-0.4, -0.2) is 35.6 Å². The van der Waals surface area contributed by atoms with Crippen LogP contribution < -0.4 is 16.0 Å². The van der Waals surface area contributed by atoms with Crippen molar-refractivity contribution < 1.29 is 14.7 Å². The van der Waals surface area contributed by atoms with Crippen LogP contribution in [0.15, 0.2) is 18.2 Å². The van der Waals surface area contributed by atoms with Crippen molar-refractivity contribution in [2.75, 3.05) is 17.2 Å². The van der Waals surface area contributed by atoms with Gasteiger partial charge in [0.1, 0.15) is 0 Å². The predicted molar refractivity (Wildman–Crippen MR) is 90.3 cm³/mol. The molecular weight excluding hydrogens is 294 g/mol. The van der Waals surface area contributed by atoms with E-state index in [2.05, 4.69) is 16.0 Å². The first-order valence-electron chi connectivity index (χ1n) is 7.81. The zero-order valence-corrected chi connectivity index (χ0v) is 14.1. The molecule has 6 nitrogen and oxygen atoms in total. The normalized spacial score (nSPS) is 21.1. The summed E-state index contributed by atoms with van der Waals surface area (Å²) in [4.78, 5) is 24.3. The molecule has 1 aromatic rings. The number of aliphatic hydroxyl groups is 1. The third-order valence-electron chi connectivity index (χ3n) is 3.86. The van der Waals surface area contributed by atoms with Crippen LogP contribution in [0.3, 0.4) is 0 Å². The summed E-state index contributed by atoms with van der Waals surface area (Å²) in [6.45, 7) is 7.87. The number of nitrogens with one attached hydrogen (secondary N) is 3. The second kappa shape index (κ2) is 6.68. The second-order valence-electron chi connectivity index (χ2n) is 7.07. The number of carbonyl (C=O) groups excluding carboxylic acids is 2. The van der Waals surface area contributed by atoms with Gasteiger partial charge in [-0.1, -0.05) is 26.8 Å². The van der Waals surface area contributed by atoms with Gasteiger partial charge < -0.3 is 21.1 Å². The van der Waals surface area contributed by atoms with E-state index in [1.807, 2.05) is 33.8 Å². The number of β-amino-alcohol motifs (C(OH)–C–C–N with tert-alkyl or cyclic N) is 1. The van der Waals surface area contributed by atoms with Crippen molar-refractivity contribution in [3.8, 4) is 0 Å². The van der Waals surface area contributed by atoms with E-state index in [-0.39, 0.29) is 17.9 Å². The van der Waals surface area contributed by atoms with E-state index in [4.69, 9.17) is 0 Å². The van der Waals surface area contributed by atoms with Gasteiger partial charge in [0.2, 0.25) is 11.8 Å². The van der Waals surface area contributed by atoms with Crippen LogP contribution >= 0.6 is 0 Å². The number of aliphatic hydroxyl groups excluding tert-OH is 1. The third kappa shape index (κ3) is 4.53. The molecule has 1 saturated heterocycles. The molecule has 2 amide bonds. The Kier molecular flexibility index (Phi) is 5.06. The summed E-state index contributed by atoms with van der Waals surface area (Å²) in [5.74, 6) is -0.261. The number of amides is 2. The average Bonchev–Trinajstić information content (AvgIpc) is 2.88. The molecule has 1 fully saturated rings. The maximum absolute atomic E-state index is 12.2. The molecule has 2 atom stereocenters. The van der Waals surface area contributed by atoms with Crippen LogP contribution in [0.25, 0.3) is 0 Å². The summed E-state index contributed by atoms with van der Waals surface area (Å²) in [7, 11) is 0. The quantitative estimate of drug-likeness (QED) is 0.682. The van der Waals surface area contributed by atoms with Crippen LogP contribution in [0.1, 0.15) is 32.8 Å². The fourth-order valence-electron chi connectivity index (χ4n) is 2.29. The smallest absolute Gasteiger partial charge is 0.241 e. The third-order valence-corrected chi connectivity index (χ3v) is 3.86. The molecule has 126 valence electrons. The molecule has 2 unspecified atom stereocenters. The Bertz CT molecular complexity index is 608. The highest BCUT2D eigenvalue weighted by Gasteiger charge is 2.28. The van der Waals surface area contributed by atoms with E-state index >= 15 is 0 Å². The highest BCUT2D eigenvalue weighted by Crippen LogP contribution is 2.24. The number of aryl methyl sites for hydroxylation is 1. The largest absolute Gasteiger partial charge is 0.392 e.